The van der Waals surface area contributed by atoms with Crippen LogP contribution in [-0.4, -0.2) is 9.55 Å². The molecule has 0 spiro atoms. The van der Waals surface area contributed by atoms with E-state index >= 15 is 0 Å². The number of nitrogens with zero attached hydrogens (tertiary/aromatic N) is 2. The highest BCUT2D eigenvalue weighted by Crippen LogP contribution is 2.28. The van der Waals surface area contributed by atoms with Crippen LogP contribution < -0.4 is 5.73 Å². The number of benzene rings is 1. The molecule has 3 nitrogen and oxygen atoms in total. The third-order valence-electron chi connectivity index (χ3n) is 2.81. The molecule has 94 valence electrons. The second-order valence-electron chi connectivity index (χ2n) is 4.03. The molecule has 4 heteroatoms. The number of nitrogen functional groups attached to an aromatic ring is 1. The Hall–Kier alpha value is -1.74. The first-order chi connectivity index (χ1) is 8.67. The van der Waals surface area contributed by atoms with E-state index in [9.17, 15) is 0 Å². The number of hydrogen-bond acceptors (Lipinski definition) is 2. The van der Waals surface area contributed by atoms with Gasteiger partial charge in [-0.2, -0.15) is 0 Å². The predicted molar refractivity (Wildman–Crippen MR) is 76.7 cm³/mol. The standard InChI is InChI=1S/C14H16ClN3/c1-3-8-18-12(4-2)17-13(14(18)16)10-6-5-7-11(15)9-10/h3,5-7,9H,1,4,8,16H2,2H3. The van der Waals surface area contributed by atoms with E-state index in [1.165, 1.54) is 0 Å². The second-order valence-corrected chi connectivity index (χ2v) is 4.46. The highest BCUT2D eigenvalue weighted by atomic mass is 35.5. The summed E-state index contributed by atoms with van der Waals surface area (Å²) < 4.78 is 1.98. The van der Waals surface area contributed by atoms with E-state index in [-0.39, 0.29) is 0 Å². The normalized spacial score (nSPS) is 10.6. The molecule has 0 aliphatic heterocycles. The molecule has 0 aliphatic rings. The fourth-order valence-corrected chi connectivity index (χ4v) is 2.15. The quantitative estimate of drug-likeness (QED) is 0.856. The minimum Gasteiger partial charge on any atom is -0.383 e. The van der Waals surface area contributed by atoms with E-state index in [0.717, 1.165) is 23.5 Å². The fourth-order valence-electron chi connectivity index (χ4n) is 1.96. The van der Waals surface area contributed by atoms with Crippen molar-refractivity contribution >= 4 is 17.4 Å². The summed E-state index contributed by atoms with van der Waals surface area (Å²) in [5.41, 5.74) is 7.89. The van der Waals surface area contributed by atoms with Gasteiger partial charge in [0, 0.05) is 23.6 Å². The summed E-state index contributed by atoms with van der Waals surface area (Å²) in [6.45, 7) is 6.47. The first kappa shape index (κ1) is 12.7. The van der Waals surface area contributed by atoms with Gasteiger partial charge in [0.1, 0.15) is 17.3 Å². The van der Waals surface area contributed by atoms with E-state index in [1.807, 2.05) is 34.9 Å². The Morgan fingerprint density at radius 2 is 2.28 bits per heavy atom. The van der Waals surface area contributed by atoms with Crippen molar-refractivity contribution in [3.8, 4) is 11.3 Å². The van der Waals surface area contributed by atoms with E-state index < -0.39 is 0 Å². The van der Waals surface area contributed by atoms with E-state index in [2.05, 4.69) is 18.5 Å². The zero-order valence-electron chi connectivity index (χ0n) is 10.4. The molecule has 0 atom stereocenters. The lowest BCUT2D eigenvalue weighted by atomic mass is 10.1. The molecule has 2 rings (SSSR count). The molecule has 0 radical (unpaired) electrons. The maximum Gasteiger partial charge on any atom is 0.132 e. The summed E-state index contributed by atoms with van der Waals surface area (Å²) in [5.74, 6) is 1.62. The molecule has 1 heterocycles. The van der Waals surface area contributed by atoms with Gasteiger partial charge in [-0.1, -0.05) is 36.7 Å². The third-order valence-corrected chi connectivity index (χ3v) is 3.05. The molecule has 0 bridgehead atoms. The number of rotatable bonds is 4. The zero-order chi connectivity index (χ0) is 13.1. The van der Waals surface area contributed by atoms with Gasteiger partial charge >= 0.3 is 0 Å². The van der Waals surface area contributed by atoms with Crippen LogP contribution in [0.4, 0.5) is 5.82 Å². The summed E-state index contributed by atoms with van der Waals surface area (Å²) in [6, 6.07) is 7.57. The Morgan fingerprint density at radius 1 is 1.50 bits per heavy atom. The molecular weight excluding hydrogens is 246 g/mol. The first-order valence-electron chi connectivity index (χ1n) is 5.89. The number of anilines is 1. The van der Waals surface area contributed by atoms with Gasteiger partial charge in [-0.05, 0) is 12.1 Å². The Kier molecular flexibility index (Phi) is 3.72. The van der Waals surface area contributed by atoms with Gasteiger partial charge in [-0.25, -0.2) is 4.98 Å². The van der Waals surface area contributed by atoms with Gasteiger partial charge < -0.3 is 10.3 Å². The van der Waals surface area contributed by atoms with Crippen LogP contribution in [0.3, 0.4) is 0 Å². The number of halogens is 1. The number of aryl methyl sites for hydroxylation is 1. The molecule has 1 aromatic carbocycles. The molecular formula is C14H16ClN3. The second kappa shape index (κ2) is 5.27. The largest absolute Gasteiger partial charge is 0.383 e. The van der Waals surface area contributed by atoms with Crippen LogP contribution in [0.1, 0.15) is 12.7 Å². The van der Waals surface area contributed by atoms with Crippen molar-refractivity contribution in [3.05, 3.63) is 47.8 Å². The Labute approximate surface area is 112 Å². The Balaban J connectivity index is 2.55. The SMILES string of the molecule is C=CCn1c(CC)nc(-c2cccc(Cl)c2)c1N. The highest BCUT2D eigenvalue weighted by molar-refractivity contribution is 6.30. The van der Waals surface area contributed by atoms with Gasteiger partial charge in [0.15, 0.2) is 0 Å². The van der Waals surface area contributed by atoms with Gasteiger partial charge in [0.05, 0.1) is 0 Å². The number of imidazole rings is 1. The van der Waals surface area contributed by atoms with Crippen molar-refractivity contribution in [2.24, 2.45) is 0 Å². The maximum atomic E-state index is 6.16. The predicted octanol–water partition coefficient (Wildman–Crippen LogP) is 3.53. The van der Waals surface area contributed by atoms with Crippen LogP contribution in [0.2, 0.25) is 5.02 Å². The Bertz CT molecular complexity index is 572. The molecule has 0 saturated heterocycles. The number of allylic oxidation sites excluding steroid dienone is 1. The van der Waals surface area contributed by atoms with Crippen LogP contribution >= 0.6 is 11.6 Å². The number of hydrogen-bond donors (Lipinski definition) is 1. The van der Waals surface area contributed by atoms with Crippen molar-refractivity contribution in [3.63, 3.8) is 0 Å². The van der Waals surface area contributed by atoms with Crippen LogP contribution in [0.5, 0.6) is 0 Å². The van der Waals surface area contributed by atoms with Crippen molar-refractivity contribution in [2.75, 3.05) is 5.73 Å². The molecule has 0 fully saturated rings. The highest BCUT2D eigenvalue weighted by Gasteiger charge is 2.14. The van der Waals surface area contributed by atoms with Gasteiger partial charge in [0.25, 0.3) is 0 Å². The van der Waals surface area contributed by atoms with E-state index in [1.54, 1.807) is 0 Å². The van der Waals surface area contributed by atoms with Gasteiger partial charge in [-0.3, -0.25) is 0 Å². The lowest BCUT2D eigenvalue weighted by molar-refractivity contribution is 0.757. The molecule has 0 amide bonds. The molecule has 0 aliphatic carbocycles. The molecule has 2 N–H and O–H groups in total. The maximum absolute atomic E-state index is 6.16. The molecule has 18 heavy (non-hydrogen) atoms. The molecule has 0 unspecified atom stereocenters. The van der Waals surface area contributed by atoms with Crippen molar-refractivity contribution in [1.29, 1.82) is 0 Å². The lowest BCUT2D eigenvalue weighted by Gasteiger charge is -2.05. The first-order valence-corrected chi connectivity index (χ1v) is 6.26. The molecule has 0 saturated carbocycles. The minimum atomic E-state index is 0.661. The zero-order valence-corrected chi connectivity index (χ0v) is 11.1. The average Bonchev–Trinajstić information content (AvgIpc) is 2.67. The molecule has 1 aromatic heterocycles. The van der Waals surface area contributed by atoms with Crippen molar-refractivity contribution in [2.45, 2.75) is 19.9 Å². The van der Waals surface area contributed by atoms with Crippen molar-refractivity contribution < 1.29 is 0 Å². The molecule has 2 aromatic rings. The summed E-state index contributed by atoms with van der Waals surface area (Å²) in [7, 11) is 0. The minimum absolute atomic E-state index is 0.661. The monoisotopic (exact) mass is 261 g/mol. The number of nitrogens with two attached hydrogens (primary N) is 1. The number of aromatic nitrogens is 2. The Morgan fingerprint density at radius 3 is 2.89 bits per heavy atom. The topological polar surface area (TPSA) is 43.8 Å². The van der Waals surface area contributed by atoms with E-state index in [4.69, 9.17) is 17.3 Å². The summed E-state index contributed by atoms with van der Waals surface area (Å²) in [6.07, 6.45) is 2.65. The van der Waals surface area contributed by atoms with Crippen molar-refractivity contribution in [1.82, 2.24) is 9.55 Å². The van der Waals surface area contributed by atoms with Crippen LogP contribution in [0.25, 0.3) is 11.3 Å². The van der Waals surface area contributed by atoms with E-state index in [0.29, 0.717) is 17.4 Å². The summed E-state index contributed by atoms with van der Waals surface area (Å²) >= 11 is 6.00. The van der Waals surface area contributed by atoms with Crippen LogP contribution in [-0.2, 0) is 13.0 Å². The third kappa shape index (κ3) is 2.27. The lowest BCUT2D eigenvalue weighted by Crippen LogP contribution is -2.05. The van der Waals surface area contributed by atoms with Crippen LogP contribution in [0.15, 0.2) is 36.9 Å². The summed E-state index contributed by atoms with van der Waals surface area (Å²) in [4.78, 5) is 4.59. The average molecular weight is 262 g/mol. The van der Waals surface area contributed by atoms with Crippen LogP contribution in [0, 0.1) is 0 Å². The fraction of sp³-hybridized carbons (Fsp3) is 0.214. The van der Waals surface area contributed by atoms with Gasteiger partial charge in [0.2, 0.25) is 0 Å². The summed E-state index contributed by atoms with van der Waals surface area (Å²) in [5, 5.41) is 0.684. The van der Waals surface area contributed by atoms with Gasteiger partial charge in [-0.15, -0.1) is 6.58 Å². The smallest absolute Gasteiger partial charge is 0.132 e.